The molecule has 0 spiro atoms. The molecule has 0 N–H and O–H groups in total. The van der Waals surface area contributed by atoms with Crippen molar-refractivity contribution in [2.24, 2.45) is 10.9 Å². The van der Waals surface area contributed by atoms with E-state index in [0.29, 0.717) is 0 Å². The lowest BCUT2D eigenvalue weighted by Gasteiger charge is -1.96. The van der Waals surface area contributed by atoms with Crippen LogP contribution in [0, 0.1) is 5.92 Å². The fourth-order valence-corrected chi connectivity index (χ4v) is 1.30. The summed E-state index contributed by atoms with van der Waals surface area (Å²) < 4.78 is 0. The van der Waals surface area contributed by atoms with Gasteiger partial charge in [0.1, 0.15) is 0 Å². The van der Waals surface area contributed by atoms with Crippen molar-refractivity contribution >= 4 is 11.4 Å². The summed E-state index contributed by atoms with van der Waals surface area (Å²) in [7, 11) is 0. The van der Waals surface area contributed by atoms with Gasteiger partial charge in [-0.1, -0.05) is 18.2 Å². The molecule has 2 rings (SSSR count). The van der Waals surface area contributed by atoms with E-state index in [4.69, 9.17) is 0 Å². The molecule has 0 radical (unpaired) electrons. The summed E-state index contributed by atoms with van der Waals surface area (Å²) in [5, 5.41) is 0. The first-order valence-corrected chi connectivity index (χ1v) is 4.46. The van der Waals surface area contributed by atoms with Gasteiger partial charge < -0.3 is 0 Å². The number of hydrogen-bond donors (Lipinski definition) is 0. The minimum absolute atomic E-state index is 0.783. The van der Waals surface area contributed by atoms with E-state index in [0.717, 1.165) is 11.6 Å². The molecule has 1 aliphatic carbocycles. The normalized spacial score (nSPS) is 17.9. The average Bonchev–Trinajstić information content (AvgIpc) is 2.88. The van der Waals surface area contributed by atoms with E-state index in [1.807, 2.05) is 30.3 Å². The van der Waals surface area contributed by atoms with Gasteiger partial charge in [-0.15, -0.1) is 0 Å². The topological polar surface area (TPSA) is 12.4 Å². The van der Waals surface area contributed by atoms with Gasteiger partial charge in [0.15, 0.2) is 0 Å². The van der Waals surface area contributed by atoms with Crippen molar-refractivity contribution in [3.8, 4) is 0 Å². The molecule has 0 heterocycles. The Hall–Kier alpha value is -1.11. The largest absolute Gasteiger partial charge is 0.258 e. The fraction of sp³-hybridized carbons (Fsp3) is 0.364. The molecule has 1 heteroatoms. The minimum atomic E-state index is 0.783. The zero-order valence-electron chi connectivity index (χ0n) is 7.33. The van der Waals surface area contributed by atoms with Gasteiger partial charge in [0, 0.05) is 5.71 Å². The van der Waals surface area contributed by atoms with Gasteiger partial charge in [0.05, 0.1) is 5.69 Å². The predicted octanol–water partition coefficient (Wildman–Crippen LogP) is 3.19. The van der Waals surface area contributed by atoms with Gasteiger partial charge in [0.25, 0.3) is 0 Å². The van der Waals surface area contributed by atoms with E-state index in [1.165, 1.54) is 18.6 Å². The highest BCUT2D eigenvalue weighted by Crippen LogP contribution is 2.31. The molecule has 1 aromatic carbocycles. The van der Waals surface area contributed by atoms with Crippen LogP contribution in [0.5, 0.6) is 0 Å². The summed E-state index contributed by atoms with van der Waals surface area (Å²) >= 11 is 0. The second-order valence-electron chi connectivity index (χ2n) is 3.36. The smallest absolute Gasteiger partial charge is 0.0629 e. The number of para-hydroxylation sites is 1. The highest BCUT2D eigenvalue weighted by atomic mass is 14.8. The van der Waals surface area contributed by atoms with E-state index in [-0.39, 0.29) is 0 Å². The van der Waals surface area contributed by atoms with E-state index >= 15 is 0 Å². The third-order valence-electron chi connectivity index (χ3n) is 2.23. The van der Waals surface area contributed by atoms with Crippen LogP contribution < -0.4 is 0 Å². The van der Waals surface area contributed by atoms with Crippen LogP contribution in [0.2, 0.25) is 0 Å². The van der Waals surface area contributed by atoms with Crippen LogP contribution in [-0.2, 0) is 0 Å². The second kappa shape index (κ2) is 3.10. The van der Waals surface area contributed by atoms with Crippen LogP contribution in [0.1, 0.15) is 19.8 Å². The van der Waals surface area contributed by atoms with Crippen molar-refractivity contribution < 1.29 is 0 Å². The Labute approximate surface area is 73.1 Å². The van der Waals surface area contributed by atoms with Gasteiger partial charge >= 0.3 is 0 Å². The van der Waals surface area contributed by atoms with Crippen LogP contribution in [0.15, 0.2) is 35.3 Å². The van der Waals surface area contributed by atoms with Crippen molar-refractivity contribution in [1.82, 2.24) is 0 Å². The molecule has 0 atom stereocenters. The van der Waals surface area contributed by atoms with E-state index in [9.17, 15) is 0 Å². The first-order chi connectivity index (χ1) is 5.86. The lowest BCUT2D eigenvalue weighted by atomic mass is 10.2. The molecule has 0 aliphatic heterocycles. The monoisotopic (exact) mass is 159 g/mol. The first kappa shape index (κ1) is 7.53. The Bertz CT molecular complexity index is 283. The van der Waals surface area contributed by atoms with Crippen molar-refractivity contribution in [3.05, 3.63) is 30.3 Å². The summed E-state index contributed by atoms with van der Waals surface area (Å²) in [6.45, 7) is 2.13. The van der Waals surface area contributed by atoms with Crippen molar-refractivity contribution in [2.45, 2.75) is 19.8 Å². The average molecular weight is 159 g/mol. The SMILES string of the molecule is C/C(=N\c1ccccc1)C1CC1. The quantitative estimate of drug-likeness (QED) is 0.588. The van der Waals surface area contributed by atoms with E-state index in [1.54, 1.807) is 0 Å². The summed E-state index contributed by atoms with van der Waals surface area (Å²) in [4.78, 5) is 4.54. The van der Waals surface area contributed by atoms with Gasteiger partial charge in [-0.05, 0) is 37.8 Å². The summed E-state index contributed by atoms with van der Waals surface area (Å²) in [5.74, 6) is 0.783. The van der Waals surface area contributed by atoms with Crippen LogP contribution in [-0.4, -0.2) is 5.71 Å². The number of rotatable bonds is 2. The lowest BCUT2D eigenvalue weighted by molar-refractivity contribution is 1.17. The van der Waals surface area contributed by atoms with Gasteiger partial charge in [0.2, 0.25) is 0 Å². The molecule has 12 heavy (non-hydrogen) atoms. The zero-order chi connectivity index (χ0) is 8.39. The maximum atomic E-state index is 4.54. The zero-order valence-corrected chi connectivity index (χ0v) is 7.33. The minimum Gasteiger partial charge on any atom is -0.258 e. The van der Waals surface area contributed by atoms with Gasteiger partial charge in [-0.2, -0.15) is 0 Å². The Morgan fingerprint density at radius 3 is 2.50 bits per heavy atom. The highest BCUT2D eigenvalue weighted by molar-refractivity contribution is 5.88. The van der Waals surface area contributed by atoms with Crippen molar-refractivity contribution in [3.63, 3.8) is 0 Å². The third kappa shape index (κ3) is 1.73. The molecular weight excluding hydrogens is 146 g/mol. The van der Waals surface area contributed by atoms with Crippen LogP contribution in [0.25, 0.3) is 0 Å². The van der Waals surface area contributed by atoms with E-state index in [2.05, 4.69) is 11.9 Å². The molecule has 62 valence electrons. The maximum Gasteiger partial charge on any atom is 0.0629 e. The summed E-state index contributed by atoms with van der Waals surface area (Å²) in [5.41, 5.74) is 2.38. The molecule has 0 unspecified atom stereocenters. The Morgan fingerprint density at radius 2 is 1.92 bits per heavy atom. The molecule has 1 nitrogen and oxygen atoms in total. The van der Waals surface area contributed by atoms with E-state index < -0.39 is 0 Å². The Morgan fingerprint density at radius 1 is 1.25 bits per heavy atom. The first-order valence-electron chi connectivity index (χ1n) is 4.46. The Balaban J connectivity index is 2.15. The molecule has 0 aromatic heterocycles. The summed E-state index contributed by atoms with van der Waals surface area (Å²) in [6, 6.07) is 10.2. The van der Waals surface area contributed by atoms with Crippen molar-refractivity contribution in [2.75, 3.05) is 0 Å². The molecule has 0 bridgehead atoms. The van der Waals surface area contributed by atoms with Crippen LogP contribution >= 0.6 is 0 Å². The van der Waals surface area contributed by atoms with Crippen LogP contribution in [0.3, 0.4) is 0 Å². The number of aliphatic imine (C=N–C) groups is 1. The molecule has 0 saturated heterocycles. The number of nitrogens with zero attached hydrogens (tertiary/aromatic N) is 1. The maximum absolute atomic E-state index is 4.54. The third-order valence-corrected chi connectivity index (χ3v) is 2.23. The van der Waals surface area contributed by atoms with Crippen molar-refractivity contribution in [1.29, 1.82) is 0 Å². The number of hydrogen-bond acceptors (Lipinski definition) is 1. The second-order valence-corrected chi connectivity index (χ2v) is 3.36. The standard InChI is InChI=1S/C11H13N/c1-9(10-7-8-10)12-11-5-3-2-4-6-11/h2-6,10H,7-8H2,1H3/b12-9+. The molecule has 1 saturated carbocycles. The molecule has 1 fully saturated rings. The van der Waals surface area contributed by atoms with Gasteiger partial charge in [-0.25, -0.2) is 0 Å². The predicted molar refractivity (Wildman–Crippen MR) is 51.9 cm³/mol. The van der Waals surface area contributed by atoms with Gasteiger partial charge in [-0.3, -0.25) is 4.99 Å². The molecule has 0 amide bonds. The fourth-order valence-electron chi connectivity index (χ4n) is 1.30. The number of benzene rings is 1. The lowest BCUT2D eigenvalue weighted by Crippen LogP contribution is -1.91. The summed E-state index contributed by atoms with van der Waals surface area (Å²) in [6.07, 6.45) is 2.67. The van der Waals surface area contributed by atoms with Crippen LogP contribution in [0.4, 0.5) is 5.69 Å². The molecule has 1 aliphatic rings. The highest BCUT2D eigenvalue weighted by Gasteiger charge is 2.24. The Kier molecular flexibility index (Phi) is 1.94. The molecular formula is C11H13N. The molecule has 1 aromatic rings.